The molecule has 2 saturated carbocycles. The molecule has 1 unspecified atom stereocenters. The van der Waals surface area contributed by atoms with E-state index in [0.717, 1.165) is 31.6 Å². The Bertz CT molecular complexity index is 267. The highest BCUT2D eigenvalue weighted by Gasteiger charge is 2.33. The van der Waals surface area contributed by atoms with E-state index < -0.39 is 0 Å². The molecule has 0 spiro atoms. The third-order valence-corrected chi connectivity index (χ3v) is 4.82. The van der Waals surface area contributed by atoms with E-state index in [1.807, 2.05) is 11.9 Å². The predicted molar refractivity (Wildman–Crippen MR) is 69.5 cm³/mol. The number of nitrogens with two attached hydrogens (primary N) is 1. The molecule has 0 aliphatic heterocycles. The first kappa shape index (κ1) is 12.9. The van der Waals surface area contributed by atoms with Crippen LogP contribution < -0.4 is 5.73 Å². The summed E-state index contributed by atoms with van der Waals surface area (Å²) in [6.45, 7) is 2.30. The van der Waals surface area contributed by atoms with Crippen LogP contribution in [0.3, 0.4) is 0 Å². The number of carbonyl (C=O) groups excluding carboxylic acids is 1. The van der Waals surface area contributed by atoms with Crippen molar-refractivity contribution in [2.75, 3.05) is 7.05 Å². The number of rotatable bonds is 3. The van der Waals surface area contributed by atoms with E-state index >= 15 is 0 Å². The Morgan fingerprint density at radius 3 is 2.24 bits per heavy atom. The SMILES string of the molecule is CC1CCC(C(N)C(=O)N(C)C2CCC2)CC1. The zero-order valence-corrected chi connectivity index (χ0v) is 11.2. The molecule has 0 radical (unpaired) electrons. The van der Waals surface area contributed by atoms with E-state index in [-0.39, 0.29) is 11.9 Å². The summed E-state index contributed by atoms with van der Waals surface area (Å²) in [5.74, 6) is 1.41. The molecule has 1 atom stereocenters. The zero-order valence-electron chi connectivity index (χ0n) is 11.2. The van der Waals surface area contributed by atoms with Gasteiger partial charge in [0.2, 0.25) is 5.91 Å². The number of carbonyl (C=O) groups is 1. The Hall–Kier alpha value is -0.570. The summed E-state index contributed by atoms with van der Waals surface area (Å²) in [5, 5.41) is 0. The zero-order chi connectivity index (χ0) is 12.4. The predicted octanol–water partition coefficient (Wildman–Crippen LogP) is 2.15. The lowest BCUT2D eigenvalue weighted by atomic mass is 9.79. The Morgan fingerprint density at radius 2 is 1.76 bits per heavy atom. The molecule has 2 rings (SSSR count). The molecule has 2 aliphatic carbocycles. The summed E-state index contributed by atoms with van der Waals surface area (Å²) in [4.78, 5) is 14.2. The van der Waals surface area contributed by atoms with Crippen molar-refractivity contribution in [1.29, 1.82) is 0 Å². The van der Waals surface area contributed by atoms with Crippen LogP contribution in [-0.2, 0) is 4.79 Å². The van der Waals surface area contributed by atoms with Gasteiger partial charge >= 0.3 is 0 Å². The number of hydrogen-bond donors (Lipinski definition) is 1. The van der Waals surface area contributed by atoms with Crippen molar-refractivity contribution in [3.05, 3.63) is 0 Å². The molecule has 2 fully saturated rings. The van der Waals surface area contributed by atoms with Gasteiger partial charge in [-0.1, -0.05) is 19.8 Å². The summed E-state index contributed by atoms with van der Waals surface area (Å²) in [7, 11) is 1.93. The molecular weight excluding hydrogens is 212 g/mol. The van der Waals surface area contributed by atoms with E-state index in [0.29, 0.717) is 12.0 Å². The monoisotopic (exact) mass is 238 g/mol. The Morgan fingerprint density at radius 1 is 1.18 bits per heavy atom. The van der Waals surface area contributed by atoms with Crippen molar-refractivity contribution >= 4 is 5.91 Å². The summed E-state index contributed by atoms with van der Waals surface area (Å²) in [5.41, 5.74) is 6.16. The molecule has 2 N–H and O–H groups in total. The normalized spacial score (nSPS) is 31.7. The summed E-state index contributed by atoms with van der Waals surface area (Å²) in [6.07, 6.45) is 8.32. The van der Waals surface area contributed by atoms with E-state index in [9.17, 15) is 4.79 Å². The maximum Gasteiger partial charge on any atom is 0.239 e. The fourth-order valence-corrected chi connectivity index (χ4v) is 3.04. The van der Waals surface area contributed by atoms with Crippen LogP contribution in [0.2, 0.25) is 0 Å². The van der Waals surface area contributed by atoms with Crippen LogP contribution in [0, 0.1) is 11.8 Å². The standard InChI is InChI=1S/C14H26N2O/c1-10-6-8-11(9-7-10)13(15)14(17)16(2)12-4-3-5-12/h10-13H,3-9,15H2,1-2H3. The third kappa shape index (κ3) is 2.82. The molecule has 98 valence electrons. The highest BCUT2D eigenvalue weighted by Crippen LogP contribution is 2.31. The van der Waals surface area contributed by atoms with Crippen molar-refractivity contribution in [1.82, 2.24) is 4.90 Å². The van der Waals surface area contributed by atoms with Crippen molar-refractivity contribution < 1.29 is 4.79 Å². The van der Waals surface area contributed by atoms with Gasteiger partial charge in [0.05, 0.1) is 6.04 Å². The Kier molecular flexibility index (Phi) is 4.08. The van der Waals surface area contributed by atoms with E-state index in [1.54, 1.807) is 0 Å². The van der Waals surface area contributed by atoms with Gasteiger partial charge in [-0.3, -0.25) is 4.79 Å². The molecule has 17 heavy (non-hydrogen) atoms. The number of hydrogen-bond acceptors (Lipinski definition) is 2. The second kappa shape index (κ2) is 5.38. The van der Waals surface area contributed by atoms with Crippen molar-refractivity contribution in [2.24, 2.45) is 17.6 Å². The van der Waals surface area contributed by atoms with Crippen LogP contribution in [0.1, 0.15) is 51.9 Å². The smallest absolute Gasteiger partial charge is 0.239 e. The van der Waals surface area contributed by atoms with Gasteiger partial charge in [0.25, 0.3) is 0 Å². The maximum atomic E-state index is 12.3. The highest BCUT2D eigenvalue weighted by atomic mass is 16.2. The largest absolute Gasteiger partial charge is 0.341 e. The fraction of sp³-hybridized carbons (Fsp3) is 0.929. The molecule has 2 aliphatic rings. The van der Waals surface area contributed by atoms with E-state index in [2.05, 4.69) is 6.92 Å². The Labute approximate surface area is 105 Å². The van der Waals surface area contributed by atoms with Crippen LogP contribution in [0.5, 0.6) is 0 Å². The van der Waals surface area contributed by atoms with Gasteiger partial charge in [-0.2, -0.15) is 0 Å². The average Bonchev–Trinajstić information content (AvgIpc) is 2.25. The van der Waals surface area contributed by atoms with Gasteiger partial charge in [0.15, 0.2) is 0 Å². The van der Waals surface area contributed by atoms with Gasteiger partial charge in [0, 0.05) is 13.1 Å². The highest BCUT2D eigenvalue weighted by molar-refractivity contribution is 5.82. The molecule has 0 aromatic carbocycles. The van der Waals surface area contributed by atoms with Crippen molar-refractivity contribution in [3.63, 3.8) is 0 Å². The summed E-state index contributed by atoms with van der Waals surface area (Å²) < 4.78 is 0. The van der Waals surface area contributed by atoms with Crippen molar-refractivity contribution in [3.8, 4) is 0 Å². The molecular formula is C14H26N2O. The van der Waals surface area contributed by atoms with Crippen LogP contribution in [0.4, 0.5) is 0 Å². The second-order valence-corrected chi connectivity index (χ2v) is 6.08. The average molecular weight is 238 g/mol. The van der Waals surface area contributed by atoms with E-state index in [4.69, 9.17) is 5.73 Å². The first-order chi connectivity index (χ1) is 8.09. The van der Waals surface area contributed by atoms with Gasteiger partial charge in [-0.25, -0.2) is 0 Å². The van der Waals surface area contributed by atoms with Crippen LogP contribution in [-0.4, -0.2) is 29.9 Å². The number of nitrogens with zero attached hydrogens (tertiary/aromatic N) is 1. The first-order valence-electron chi connectivity index (χ1n) is 7.12. The molecule has 1 amide bonds. The van der Waals surface area contributed by atoms with Crippen molar-refractivity contribution in [2.45, 2.75) is 64.0 Å². The number of likely N-dealkylation sites (N-methyl/N-ethyl adjacent to an activating group) is 1. The number of amides is 1. The maximum absolute atomic E-state index is 12.3. The third-order valence-electron chi connectivity index (χ3n) is 4.82. The van der Waals surface area contributed by atoms with Crippen LogP contribution >= 0.6 is 0 Å². The summed E-state index contributed by atoms with van der Waals surface area (Å²) in [6, 6.07) is 0.212. The lowest BCUT2D eigenvalue weighted by molar-refractivity contribution is -0.136. The molecule has 3 heteroatoms. The molecule has 0 aromatic rings. The lowest BCUT2D eigenvalue weighted by Gasteiger charge is -2.38. The molecule has 0 heterocycles. The topological polar surface area (TPSA) is 46.3 Å². The minimum atomic E-state index is -0.256. The van der Waals surface area contributed by atoms with Gasteiger partial charge in [-0.05, 0) is 43.9 Å². The minimum Gasteiger partial charge on any atom is -0.341 e. The van der Waals surface area contributed by atoms with Gasteiger partial charge < -0.3 is 10.6 Å². The van der Waals surface area contributed by atoms with Gasteiger partial charge in [0.1, 0.15) is 0 Å². The first-order valence-corrected chi connectivity index (χ1v) is 7.12. The van der Waals surface area contributed by atoms with Crippen LogP contribution in [0.15, 0.2) is 0 Å². The van der Waals surface area contributed by atoms with Crippen LogP contribution in [0.25, 0.3) is 0 Å². The lowest BCUT2D eigenvalue weighted by Crippen LogP contribution is -2.52. The molecule has 0 saturated heterocycles. The summed E-state index contributed by atoms with van der Waals surface area (Å²) >= 11 is 0. The minimum absolute atomic E-state index is 0.175. The fourth-order valence-electron chi connectivity index (χ4n) is 3.04. The molecule has 3 nitrogen and oxygen atoms in total. The van der Waals surface area contributed by atoms with Gasteiger partial charge in [-0.15, -0.1) is 0 Å². The quantitative estimate of drug-likeness (QED) is 0.819. The molecule has 0 aromatic heterocycles. The Balaban J connectivity index is 1.85. The van der Waals surface area contributed by atoms with E-state index in [1.165, 1.54) is 19.3 Å². The second-order valence-electron chi connectivity index (χ2n) is 6.08. The molecule has 0 bridgehead atoms.